The van der Waals surface area contributed by atoms with Crippen LogP contribution >= 0.6 is 11.3 Å². The molecule has 0 aliphatic rings. The fourth-order valence-electron chi connectivity index (χ4n) is 2.91. The van der Waals surface area contributed by atoms with Crippen molar-refractivity contribution in [3.8, 4) is 5.75 Å². The Balaban J connectivity index is 2.06. The van der Waals surface area contributed by atoms with E-state index >= 15 is 0 Å². The zero-order chi connectivity index (χ0) is 21.0. The minimum Gasteiger partial charge on any atom is -0.494 e. The molecule has 0 radical (unpaired) electrons. The molecule has 1 heterocycles. The van der Waals surface area contributed by atoms with Crippen molar-refractivity contribution >= 4 is 33.4 Å². The van der Waals surface area contributed by atoms with E-state index in [0.717, 1.165) is 21.3 Å². The molecule has 3 aromatic rings. The Kier molecular flexibility index (Phi) is 6.49. The second-order valence-electron chi connectivity index (χ2n) is 6.55. The molecular formula is C22H24N2O4S. The lowest BCUT2D eigenvalue weighted by Crippen LogP contribution is -2.23. The molecular weight excluding hydrogens is 388 g/mol. The van der Waals surface area contributed by atoms with Gasteiger partial charge in [-0.25, -0.2) is 0 Å². The van der Waals surface area contributed by atoms with Gasteiger partial charge in [-0.05, 0) is 75.2 Å². The van der Waals surface area contributed by atoms with E-state index in [9.17, 15) is 9.59 Å². The van der Waals surface area contributed by atoms with Gasteiger partial charge in [-0.1, -0.05) is 11.3 Å². The van der Waals surface area contributed by atoms with E-state index in [-0.39, 0.29) is 18.4 Å². The van der Waals surface area contributed by atoms with Crippen LogP contribution in [0.25, 0.3) is 10.2 Å². The number of rotatable bonds is 6. The molecule has 0 atom stereocenters. The highest BCUT2D eigenvalue weighted by molar-refractivity contribution is 7.16. The summed E-state index contributed by atoms with van der Waals surface area (Å²) in [5.41, 5.74) is 3.58. The van der Waals surface area contributed by atoms with Crippen LogP contribution in [0.3, 0.4) is 0 Å². The van der Waals surface area contributed by atoms with Crippen LogP contribution in [0.2, 0.25) is 0 Å². The number of benzene rings is 2. The van der Waals surface area contributed by atoms with Crippen LogP contribution in [0.1, 0.15) is 35.3 Å². The Morgan fingerprint density at radius 1 is 1.03 bits per heavy atom. The van der Waals surface area contributed by atoms with Crippen LogP contribution in [0.5, 0.6) is 5.75 Å². The Hall–Kier alpha value is -2.93. The van der Waals surface area contributed by atoms with Gasteiger partial charge in [-0.2, -0.15) is 4.99 Å². The van der Waals surface area contributed by atoms with Crippen molar-refractivity contribution in [1.82, 2.24) is 4.57 Å². The van der Waals surface area contributed by atoms with Crippen LogP contribution in [-0.2, 0) is 16.1 Å². The maximum atomic E-state index is 12.7. The smallest absolute Gasteiger partial charge is 0.326 e. The number of aryl methyl sites for hydroxylation is 2. The van der Waals surface area contributed by atoms with E-state index < -0.39 is 0 Å². The lowest BCUT2D eigenvalue weighted by molar-refractivity contribution is -0.143. The first kappa shape index (κ1) is 20.8. The molecule has 7 heteroatoms. The third kappa shape index (κ3) is 4.74. The fraction of sp³-hybridized carbons (Fsp3) is 0.318. The van der Waals surface area contributed by atoms with Crippen LogP contribution in [0.4, 0.5) is 0 Å². The summed E-state index contributed by atoms with van der Waals surface area (Å²) in [4.78, 5) is 29.6. The molecule has 0 aliphatic heterocycles. The molecule has 152 valence electrons. The third-order valence-corrected chi connectivity index (χ3v) is 5.54. The highest BCUT2D eigenvalue weighted by Crippen LogP contribution is 2.22. The van der Waals surface area contributed by atoms with Crippen molar-refractivity contribution in [3.63, 3.8) is 0 Å². The zero-order valence-electron chi connectivity index (χ0n) is 17.0. The fourth-order valence-corrected chi connectivity index (χ4v) is 4.01. The molecule has 0 unspecified atom stereocenters. The maximum Gasteiger partial charge on any atom is 0.326 e. The van der Waals surface area contributed by atoms with E-state index in [1.807, 2.05) is 26.8 Å². The van der Waals surface area contributed by atoms with Crippen molar-refractivity contribution in [2.75, 3.05) is 13.2 Å². The number of nitrogens with zero attached hydrogens (tertiary/aromatic N) is 2. The number of amides is 1. The number of ether oxygens (including phenoxy) is 2. The van der Waals surface area contributed by atoms with E-state index in [1.54, 1.807) is 35.8 Å². The van der Waals surface area contributed by atoms with Gasteiger partial charge >= 0.3 is 5.97 Å². The van der Waals surface area contributed by atoms with Crippen molar-refractivity contribution in [2.24, 2.45) is 4.99 Å². The normalized spacial score (nSPS) is 11.7. The zero-order valence-corrected chi connectivity index (χ0v) is 17.8. The Morgan fingerprint density at radius 3 is 2.38 bits per heavy atom. The van der Waals surface area contributed by atoms with Gasteiger partial charge in [0.2, 0.25) is 0 Å². The molecule has 6 nitrogen and oxygen atoms in total. The first-order valence-electron chi connectivity index (χ1n) is 9.51. The number of carbonyl (C=O) groups is 2. The van der Waals surface area contributed by atoms with Gasteiger partial charge in [0.15, 0.2) is 4.80 Å². The summed E-state index contributed by atoms with van der Waals surface area (Å²) < 4.78 is 13.2. The highest BCUT2D eigenvalue weighted by atomic mass is 32.1. The lowest BCUT2D eigenvalue weighted by atomic mass is 10.1. The molecule has 0 saturated carbocycles. The van der Waals surface area contributed by atoms with Crippen molar-refractivity contribution in [2.45, 2.75) is 34.2 Å². The molecule has 29 heavy (non-hydrogen) atoms. The number of aromatic nitrogens is 1. The molecule has 1 amide bonds. The quantitative estimate of drug-likeness (QED) is 0.574. The average molecular weight is 413 g/mol. The summed E-state index contributed by atoms with van der Waals surface area (Å²) in [6.07, 6.45) is 0. The maximum absolute atomic E-state index is 12.7. The van der Waals surface area contributed by atoms with Gasteiger partial charge in [0.1, 0.15) is 12.3 Å². The summed E-state index contributed by atoms with van der Waals surface area (Å²) in [7, 11) is 0. The summed E-state index contributed by atoms with van der Waals surface area (Å²) in [6, 6.07) is 10.9. The van der Waals surface area contributed by atoms with Gasteiger partial charge in [-0.15, -0.1) is 0 Å². The molecule has 0 saturated heterocycles. The number of esters is 1. The lowest BCUT2D eigenvalue weighted by Gasteiger charge is -2.06. The Labute approximate surface area is 173 Å². The van der Waals surface area contributed by atoms with Crippen molar-refractivity contribution in [1.29, 1.82) is 0 Å². The van der Waals surface area contributed by atoms with Crippen LogP contribution in [-0.4, -0.2) is 29.7 Å². The number of thiazole rings is 1. The minimum absolute atomic E-state index is 0.00569. The van der Waals surface area contributed by atoms with Gasteiger partial charge in [0.25, 0.3) is 5.91 Å². The predicted octanol–water partition coefficient (Wildman–Crippen LogP) is 4.02. The molecule has 1 aromatic heterocycles. The summed E-state index contributed by atoms with van der Waals surface area (Å²) in [6.45, 7) is 8.59. The number of hydrogen-bond donors (Lipinski definition) is 0. The topological polar surface area (TPSA) is 69.9 Å². The number of fused-ring (bicyclic) bond motifs is 1. The first-order chi connectivity index (χ1) is 13.9. The molecule has 2 aromatic carbocycles. The SMILES string of the molecule is CCOC(=O)Cn1c(=NC(=O)c2ccc(OCC)cc2)sc2cc(C)c(C)cc21. The van der Waals surface area contributed by atoms with E-state index in [4.69, 9.17) is 9.47 Å². The summed E-state index contributed by atoms with van der Waals surface area (Å²) in [5.74, 6) is -0.0275. The van der Waals surface area contributed by atoms with Crippen LogP contribution in [0.15, 0.2) is 41.4 Å². The molecule has 0 aliphatic carbocycles. The van der Waals surface area contributed by atoms with Gasteiger partial charge in [0, 0.05) is 5.56 Å². The predicted molar refractivity (Wildman–Crippen MR) is 113 cm³/mol. The average Bonchev–Trinajstić information content (AvgIpc) is 2.99. The minimum atomic E-state index is -0.370. The van der Waals surface area contributed by atoms with E-state index in [1.165, 1.54) is 11.3 Å². The van der Waals surface area contributed by atoms with E-state index in [2.05, 4.69) is 11.1 Å². The number of hydrogen-bond acceptors (Lipinski definition) is 5. The van der Waals surface area contributed by atoms with E-state index in [0.29, 0.717) is 29.3 Å². The molecule has 0 fully saturated rings. The van der Waals surface area contributed by atoms with Gasteiger partial charge in [0.05, 0.1) is 23.4 Å². The Morgan fingerprint density at radius 2 is 1.72 bits per heavy atom. The van der Waals surface area contributed by atoms with Gasteiger partial charge < -0.3 is 14.0 Å². The first-order valence-corrected chi connectivity index (χ1v) is 10.3. The summed E-state index contributed by atoms with van der Waals surface area (Å²) >= 11 is 1.38. The Bertz CT molecular complexity index is 1110. The van der Waals surface area contributed by atoms with Crippen molar-refractivity contribution in [3.05, 3.63) is 57.9 Å². The summed E-state index contributed by atoms with van der Waals surface area (Å²) in [5, 5.41) is 0. The van der Waals surface area contributed by atoms with Gasteiger partial charge in [-0.3, -0.25) is 9.59 Å². The molecule has 0 spiro atoms. The van der Waals surface area contributed by atoms with Crippen LogP contribution in [0, 0.1) is 13.8 Å². The molecule has 3 rings (SSSR count). The monoisotopic (exact) mass is 412 g/mol. The second-order valence-corrected chi connectivity index (χ2v) is 7.56. The van der Waals surface area contributed by atoms with Crippen LogP contribution < -0.4 is 9.54 Å². The standard InChI is InChI=1S/C22H24N2O4S/c1-5-27-17-9-7-16(8-10-17)21(26)23-22-24(13-20(25)28-6-2)18-11-14(3)15(4)12-19(18)29-22/h7-12H,5-6,13H2,1-4H3. The number of carbonyl (C=O) groups excluding carboxylic acids is 2. The largest absolute Gasteiger partial charge is 0.494 e. The molecule has 0 N–H and O–H groups in total. The highest BCUT2D eigenvalue weighted by Gasteiger charge is 2.14. The molecule has 0 bridgehead atoms. The van der Waals surface area contributed by atoms with Crippen molar-refractivity contribution < 1.29 is 19.1 Å². The third-order valence-electron chi connectivity index (χ3n) is 4.50. The second kappa shape index (κ2) is 9.05.